The van der Waals surface area contributed by atoms with Crippen LogP contribution in [-0.2, 0) is 22.0 Å². The van der Waals surface area contributed by atoms with Gasteiger partial charge in [0.2, 0.25) is 0 Å². The maximum atomic E-state index is 11.1. The van der Waals surface area contributed by atoms with Crippen molar-refractivity contribution in [3.05, 3.63) is 35.4 Å². The van der Waals surface area contributed by atoms with E-state index in [-0.39, 0.29) is 5.75 Å². The third-order valence-corrected chi connectivity index (χ3v) is 2.75. The van der Waals surface area contributed by atoms with Crippen LogP contribution in [-0.4, -0.2) is 14.7 Å². The quantitative estimate of drug-likeness (QED) is 0.742. The lowest BCUT2D eigenvalue weighted by Crippen LogP contribution is -2.03. The Morgan fingerprint density at radius 1 is 1.15 bits per heavy atom. The lowest BCUT2D eigenvalue weighted by molar-refractivity contribution is 0.601. The average Bonchev–Trinajstić information content (AvgIpc) is 2.02. The molecule has 1 rings (SSSR count). The van der Waals surface area contributed by atoms with Crippen LogP contribution < -0.4 is 0 Å². The highest BCUT2D eigenvalue weighted by molar-refractivity contribution is 7.89. The molecule has 0 heterocycles. The molecule has 2 nitrogen and oxygen atoms in total. The van der Waals surface area contributed by atoms with Crippen LogP contribution in [0.15, 0.2) is 24.3 Å². The van der Waals surface area contributed by atoms with Crippen LogP contribution >= 0.6 is 0 Å². The van der Waals surface area contributed by atoms with Crippen molar-refractivity contribution in [1.29, 1.82) is 0 Å². The first kappa shape index (κ1) is 10.3. The maximum Gasteiger partial charge on any atom is 0.151 e. The van der Waals surface area contributed by atoms with E-state index in [0.717, 1.165) is 17.5 Å². The molecule has 0 amide bonds. The fourth-order valence-corrected chi connectivity index (χ4v) is 2.17. The first-order valence-electron chi connectivity index (χ1n) is 4.27. The Labute approximate surface area is 79.5 Å². The largest absolute Gasteiger partial charge is 0.229 e. The van der Waals surface area contributed by atoms with Gasteiger partial charge in [-0.2, -0.15) is 0 Å². The lowest BCUT2D eigenvalue weighted by Gasteiger charge is -2.05. The Balaban J connectivity index is 3.01. The van der Waals surface area contributed by atoms with E-state index in [9.17, 15) is 8.42 Å². The molecule has 0 N–H and O–H groups in total. The number of rotatable bonds is 3. The third-order valence-electron chi connectivity index (χ3n) is 1.92. The zero-order valence-corrected chi connectivity index (χ0v) is 8.76. The van der Waals surface area contributed by atoms with Crippen LogP contribution in [0.5, 0.6) is 0 Å². The number of aryl methyl sites for hydroxylation is 1. The monoisotopic (exact) mass is 198 g/mol. The van der Waals surface area contributed by atoms with Crippen LogP contribution in [0, 0.1) is 0 Å². The van der Waals surface area contributed by atoms with Crippen molar-refractivity contribution in [3.63, 3.8) is 0 Å². The molecule has 0 unspecified atom stereocenters. The molecule has 0 fully saturated rings. The van der Waals surface area contributed by atoms with E-state index in [1.165, 1.54) is 6.26 Å². The number of hydrogen-bond donors (Lipinski definition) is 0. The zero-order chi connectivity index (χ0) is 9.90. The molecule has 0 aliphatic heterocycles. The summed E-state index contributed by atoms with van der Waals surface area (Å²) >= 11 is 0. The van der Waals surface area contributed by atoms with Crippen molar-refractivity contribution in [3.8, 4) is 0 Å². The van der Waals surface area contributed by atoms with E-state index < -0.39 is 9.84 Å². The highest BCUT2D eigenvalue weighted by Crippen LogP contribution is 2.12. The molecule has 1 aromatic carbocycles. The minimum absolute atomic E-state index is 0.150. The lowest BCUT2D eigenvalue weighted by atomic mass is 10.1. The molecule has 0 aliphatic carbocycles. The van der Waals surface area contributed by atoms with Crippen LogP contribution in [0.25, 0.3) is 0 Å². The molecule has 0 bridgehead atoms. The molecule has 0 aromatic heterocycles. The van der Waals surface area contributed by atoms with Crippen molar-refractivity contribution in [2.24, 2.45) is 0 Å². The van der Waals surface area contributed by atoms with Gasteiger partial charge in [-0.1, -0.05) is 31.2 Å². The highest BCUT2D eigenvalue weighted by Gasteiger charge is 2.06. The molecule has 0 radical (unpaired) electrons. The molecule has 13 heavy (non-hydrogen) atoms. The fraction of sp³-hybridized carbons (Fsp3) is 0.400. The summed E-state index contributed by atoms with van der Waals surface area (Å²) in [7, 11) is -2.91. The Kier molecular flexibility index (Phi) is 3.09. The fourth-order valence-electron chi connectivity index (χ4n) is 1.33. The van der Waals surface area contributed by atoms with Crippen LogP contribution in [0.2, 0.25) is 0 Å². The van der Waals surface area contributed by atoms with Gasteiger partial charge in [0, 0.05) is 6.26 Å². The normalized spacial score (nSPS) is 11.5. The van der Waals surface area contributed by atoms with Crippen molar-refractivity contribution in [2.75, 3.05) is 6.26 Å². The summed E-state index contributed by atoms with van der Waals surface area (Å²) in [5.74, 6) is 0.150. The van der Waals surface area contributed by atoms with Gasteiger partial charge in [0.25, 0.3) is 0 Å². The zero-order valence-electron chi connectivity index (χ0n) is 7.95. The van der Waals surface area contributed by atoms with Gasteiger partial charge in [0.15, 0.2) is 9.84 Å². The van der Waals surface area contributed by atoms with E-state index in [2.05, 4.69) is 0 Å². The van der Waals surface area contributed by atoms with Crippen molar-refractivity contribution < 1.29 is 8.42 Å². The average molecular weight is 198 g/mol. The van der Waals surface area contributed by atoms with Crippen LogP contribution in [0.1, 0.15) is 18.1 Å². The van der Waals surface area contributed by atoms with Gasteiger partial charge in [0.1, 0.15) is 0 Å². The molecule has 0 saturated heterocycles. The second kappa shape index (κ2) is 3.92. The predicted molar refractivity (Wildman–Crippen MR) is 54.4 cm³/mol. The minimum atomic E-state index is -2.91. The molecular weight excluding hydrogens is 184 g/mol. The Morgan fingerprint density at radius 3 is 2.15 bits per heavy atom. The van der Waals surface area contributed by atoms with E-state index in [1.807, 2.05) is 31.2 Å². The molecule has 0 spiro atoms. The molecule has 0 atom stereocenters. The van der Waals surface area contributed by atoms with Crippen molar-refractivity contribution >= 4 is 9.84 Å². The topological polar surface area (TPSA) is 34.1 Å². The molecule has 72 valence electrons. The van der Waals surface area contributed by atoms with Gasteiger partial charge in [-0.3, -0.25) is 0 Å². The Bertz CT molecular complexity index is 380. The summed E-state index contributed by atoms with van der Waals surface area (Å²) in [4.78, 5) is 0. The Hall–Kier alpha value is -0.830. The van der Waals surface area contributed by atoms with Crippen LogP contribution in [0.3, 0.4) is 0 Å². The second-order valence-electron chi connectivity index (χ2n) is 3.19. The smallest absolute Gasteiger partial charge is 0.151 e. The first-order valence-corrected chi connectivity index (χ1v) is 6.33. The standard InChI is InChI=1S/C10H14O2S/c1-3-9-6-4-5-7-10(9)8-13(2,11)12/h4-7H,3,8H2,1-2H3. The first-order chi connectivity index (χ1) is 6.03. The van der Waals surface area contributed by atoms with E-state index in [0.29, 0.717) is 0 Å². The Morgan fingerprint density at radius 2 is 1.69 bits per heavy atom. The summed E-state index contributed by atoms with van der Waals surface area (Å²) in [6.45, 7) is 2.03. The van der Waals surface area contributed by atoms with E-state index >= 15 is 0 Å². The van der Waals surface area contributed by atoms with E-state index in [4.69, 9.17) is 0 Å². The molecule has 0 saturated carbocycles. The van der Waals surface area contributed by atoms with E-state index in [1.54, 1.807) is 0 Å². The second-order valence-corrected chi connectivity index (χ2v) is 5.33. The summed E-state index contributed by atoms with van der Waals surface area (Å²) in [5, 5.41) is 0. The maximum absolute atomic E-state index is 11.1. The SMILES string of the molecule is CCc1ccccc1CS(C)(=O)=O. The molecular formula is C10H14O2S. The number of hydrogen-bond acceptors (Lipinski definition) is 2. The van der Waals surface area contributed by atoms with Crippen LogP contribution in [0.4, 0.5) is 0 Å². The summed E-state index contributed by atoms with van der Waals surface area (Å²) in [6.07, 6.45) is 2.14. The third kappa shape index (κ3) is 3.19. The van der Waals surface area contributed by atoms with Crippen molar-refractivity contribution in [2.45, 2.75) is 19.1 Å². The molecule has 3 heteroatoms. The van der Waals surface area contributed by atoms with Gasteiger partial charge < -0.3 is 0 Å². The van der Waals surface area contributed by atoms with Gasteiger partial charge in [-0.25, -0.2) is 8.42 Å². The van der Waals surface area contributed by atoms with Gasteiger partial charge in [-0.15, -0.1) is 0 Å². The molecule has 1 aromatic rings. The minimum Gasteiger partial charge on any atom is -0.229 e. The summed E-state index contributed by atoms with van der Waals surface area (Å²) in [6, 6.07) is 7.66. The summed E-state index contributed by atoms with van der Waals surface area (Å²) in [5.41, 5.74) is 2.04. The highest BCUT2D eigenvalue weighted by atomic mass is 32.2. The van der Waals surface area contributed by atoms with Gasteiger partial charge in [-0.05, 0) is 17.5 Å². The summed E-state index contributed by atoms with van der Waals surface area (Å²) < 4.78 is 22.1. The number of benzene rings is 1. The van der Waals surface area contributed by atoms with Gasteiger partial charge >= 0.3 is 0 Å². The van der Waals surface area contributed by atoms with Crippen molar-refractivity contribution in [1.82, 2.24) is 0 Å². The number of sulfone groups is 1. The van der Waals surface area contributed by atoms with Gasteiger partial charge in [0.05, 0.1) is 5.75 Å². The predicted octanol–water partition coefficient (Wildman–Crippen LogP) is 1.79. The molecule has 0 aliphatic rings.